The van der Waals surface area contributed by atoms with Gasteiger partial charge in [-0.1, -0.05) is 17.7 Å². The Labute approximate surface area is 161 Å². The monoisotopic (exact) mass is 384 g/mol. The lowest BCUT2D eigenvalue weighted by Gasteiger charge is -2.11. The first-order chi connectivity index (χ1) is 13.0. The van der Waals surface area contributed by atoms with Crippen LogP contribution < -0.4 is 5.32 Å². The largest absolute Gasteiger partial charge is 0.344 e. The minimum absolute atomic E-state index is 0.221. The van der Waals surface area contributed by atoms with Crippen LogP contribution in [0.15, 0.2) is 54.7 Å². The van der Waals surface area contributed by atoms with Crippen LogP contribution in [0.5, 0.6) is 0 Å². The molecule has 1 N–H and O–H groups in total. The smallest absolute Gasteiger partial charge is 0.244 e. The molecule has 138 valence electrons. The van der Waals surface area contributed by atoms with Gasteiger partial charge in [-0.2, -0.15) is 5.10 Å². The lowest BCUT2D eigenvalue weighted by Crippen LogP contribution is -2.25. The Balaban J connectivity index is 1.75. The molecule has 0 aliphatic heterocycles. The van der Waals surface area contributed by atoms with E-state index in [0.29, 0.717) is 22.1 Å². The van der Waals surface area contributed by atoms with Crippen molar-refractivity contribution in [2.45, 2.75) is 19.9 Å². The van der Waals surface area contributed by atoms with E-state index >= 15 is 0 Å². The summed E-state index contributed by atoms with van der Waals surface area (Å²) in [5.41, 5.74) is 2.70. The number of aryl methyl sites for hydroxylation is 1. The second-order valence-electron chi connectivity index (χ2n) is 6.00. The highest BCUT2D eigenvalue weighted by molar-refractivity contribution is 6.31. The second kappa shape index (κ2) is 8.14. The molecule has 0 bridgehead atoms. The third kappa shape index (κ3) is 4.41. The number of hydrogen-bond acceptors (Lipinski definition) is 3. The zero-order valence-electron chi connectivity index (χ0n) is 14.9. The van der Waals surface area contributed by atoms with Gasteiger partial charge in [0.2, 0.25) is 5.91 Å². The van der Waals surface area contributed by atoms with Crippen molar-refractivity contribution in [3.05, 3.63) is 82.7 Å². The van der Waals surface area contributed by atoms with Gasteiger partial charge in [0.15, 0.2) is 0 Å². The highest BCUT2D eigenvalue weighted by Crippen LogP contribution is 2.24. The molecular weight excluding hydrogens is 367 g/mol. The number of amides is 1. The van der Waals surface area contributed by atoms with E-state index in [1.54, 1.807) is 31.3 Å². The minimum atomic E-state index is -0.336. The zero-order chi connectivity index (χ0) is 19.4. The number of pyridine rings is 1. The minimum Gasteiger partial charge on any atom is -0.344 e. The van der Waals surface area contributed by atoms with Crippen LogP contribution in [0, 0.1) is 12.7 Å². The molecule has 0 fully saturated rings. The highest BCUT2D eigenvalue weighted by atomic mass is 35.5. The van der Waals surface area contributed by atoms with Crippen LogP contribution in [0.1, 0.15) is 29.9 Å². The van der Waals surface area contributed by atoms with E-state index in [1.807, 2.05) is 25.1 Å². The molecule has 3 rings (SSSR count). The van der Waals surface area contributed by atoms with E-state index in [0.717, 1.165) is 5.69 Å². The number of rotatable bonds is 5. The number of benzene rings is 1. The van der Waals surface area contributed by atoms with Crippen LogP contribution in [0.3, 0.4) is 0 Å². The molecule has 2 aromatic heterocycles. The highest BCUT2D eigenvalue weighted by Gasteiger charge is 2.14. The van der Waals surface area contributed by atoms with Crippen molar-refractivity contribution in [2.24, 2.45) is 0 Å². The van der Waals surface area contributed by atoms with Crippen molar-refractivity contribution >= 4 is 23.6 Å². The van der Waals surface area contributed by atoms with E-state index < -0.39 is 0 Å². The number of nitrogens with one attached hydrogen (secondary N) is 1. The third-order valence-corrected chi connectivity index (χ3v) is 4.37. The summed E-state index contributed by atoms with van der Waals surface area (Å²) in [6, 6.07) is 11.2. The molecule has 1 aromatic carbocycles. The number of aromatic nitrogens is 3. The molecule has 1 amide bonds. The van der Waals surface area contributed by atoms with Crippen molar-refractivity contribution in [3.63, 3.8) is 0 Å². The number of hydrogen-bond donors (Lipinski definition) is 1. The van der Waals surface area contributed by atoms with Crippen molar-refractivity contribution < 1.29 is 9.18 Å². The maximum atomic E-state index is 13.1. The lowest BCUT2D eigenvalue weighted by atomic mass is 10.2. The normalized spacial score (nSPS) is 12.3. The Morgan fingerprint density at radius 2 is 2.00 bits per heavy atom. The molecular formula is C20H18ClFN4O. The van der Waals surface area contributed by atoms with Gasteiger partial charge in [0.1, 0.15) is 11.0 Å². The predicted octanol–water partition coefficient (Wildman–Crippen LogP) is 4.26. The maximum absolute atomic E-state index is 13.1. The molecule has 27 heavy (non-hydrogen) atoms. The molecule has 0 aliphatic carbocycles. The molecule has 0 radical (unpaired) electrons. The van der Waals surface area contributed by atoms with E-state index in [2.05, 4.69) is 15.4 Å². The van der Waals surface area contributed by atoms with E-state index in [1.165, 1.54) is 22.9 Å². The molecule has 2 heterocycles. The van der Waals surface area contributed by atoms with Crippen molar-refractivity contribution in [1.82, 2.24) is 20.1 Å². The Morgan fingerprint density at radius 1 is 1.26 bits per heavy atom. The summed E-state index contributed by atoms with van der Waals surface area (Å²) in [5.74, 6) is -0.601. The molecule has 7 heteroatoms. The molecule has 0 saturated heterocycles. The van der Waals surface area contributed by atoms with Crippen molar-refractivity contribution in [3.8, 4) is 5.69 Å². The molecule has 1 atom stereocenters. The third-order valence-electron chi connectivity index (χ3n) is 4.01. The second-order valence-corrected chi connectivity index (χ2v) is 6.35. The molecule has 0 spiro atoms. The number of nitrogens with zero attached hydrogens (tertiary/aromatic N) is 3. The zero-order valence-corrected chi connectivity index (χ0v) is 15.6. The van der Waals surface area contributed by atoms with E-state index in [9.17, 15) is 9.18 Å². The van der Waals surface area contributed by atoms with Gasteiger partial charge in [0, 0.05) is 17.8 Å². The standard InChI is InChI=1S/C20H18ClFN4O/c1-13-17(20(21)26(25-13)16-8-6-15(22)7-9-16)10-11-19(27)24-14(2)18-5-3-4-12-23-18/h3-12,14H,1-2H3,(H,24,27)/b11-10+. The van der Waals surface area contributed by atoms with E-state index in [-0.39, 0.29) is 17.8 Å². The Bertz CT molecular complexity index is 968. The van der Waals surface area contributed by atoms with Gasteiger partial charge >= 0.3 is 0 Å². The number of halogens is 2. The average Bonchev–Trinajstić information content (AvgIpc) is 2.95. The summed E-state index contributed by atoms with van der Waals surface area (Å²) in [6.45, 7) is 3.65. The molecule has 5 nitrogen and oxygen atoms in total. The Hall–Kier alpha value is -2.99. The van der Waals surface area contributed by atoms with Crippen molar-refractivity contribution in [2.75, 3.05) is 0 Å². The van der Waals surface area contributed by atoms with Gasteiger partial charge in [0.25, 0.3) is 0 Å². The summed E-state index contributed by atoms with van der Waals surface area (Å²) < 4.78 is 14.6. The number of carbonyl (C=O) groups excluding carboxylic acids is 1. The first-order valence-corrected chi connectivity index (χ1v) is 8.74. The fraction of sp³-hybridized carbons (Fsp3) is 0.150. The summed E-state index contributed by atoms with van der Waals surface area (Å²) in [6.07, 6.45) is 4.70. The molecule has 3 aromatic rings. The Kier molecular flexibility index (Phi) is 5.66. The first kappa shape index (κ1) is 18.8. The molecule has 0 aliphatic rings. The van der Waals surface area contributed by atoms with Crippen LogP contribution in [0.2, 0.25) is 5.15 Å². The van der Waals surface area contributed by atoms with Gasteiger partial charge in [0.05, 0.1) is 23.1 Å². The van der Waals surface area contributed by atoms with Gasteiger partial charge in [-0.15, -0.1) is 0 Å². The fourth-order valence-electron chi connectivity index (χ4n) is 2.58. The van der Waals surface area contributed by atoms with Crippen LogP contribution in [-0.4, -0.2) is 20.7 Å². The average molecular weight is 385 g/mol. The predicted molar refractivity (Wildman–Crippen MR) is 103 cm³/mol. The molecule has 0 saturated carbocycles. The summed E-state index contributed by atoms with van der Waals surface area (Å²) in [4.78, 5) is 16.4. The number of carbonyl (C=O) groups is 1. The van der Waals surface area contributed by atoms with Gasteiger partial charge in [-0.25, -0.2) is 9.07 Å². The van der Waals surface area contributed by atoms with Crippen molar-refractivity contribution in [1.29, 1.82) is 0 Å². The van der Waals surface area contributed by atoms with Gasteiger partial charge < -0.3 is 5.32 Å². The summed E-state index contributed by atoms with van der Waals surface area (Å²) >= 11 is 6.40. The quantitative estimate of drug-likeness (QED) is 0.668. The van der Waals surface area contributed by atoms with Crippen LogP contribution >= 0.6 is 11.6 Å². The van der Waals surface area contributed by atoms with Crippen LogP contribution in [0.4, 0.5) is 4.39 Å². The SMILES string of the molecule is Cc1nn(-c2ccc(F)cc2)c(Cl)c1/C=C/C(=O)NC(C)c1ccccn1. The van der Waals surface area contributed by atoms with Gasteiger partial charge in [-0.3, -0.25) is 9.78 Å². The topological polar surface area (TPSA) is 59.8 Å². The summed E-state index contributed by atoms with van der Waals surface area (Å²) in [7, 11) is 0. The fourth-order valence-corrected chi connectivity index (χ4v) is 2.92. The van der Waals surface area contributed by atoms with Crippen LogP contribution in [0.25, 0.3) is 11.8 Å². The van der Waals surface area contributed by atoms with Gasteiger partial charge in [-0.05, 0) is 56.3 Å². The Morgan fingerprint density at radius 3 is 2.67 bits per heavy atom. The first-order valence-electron chi connectivity index (χ1n) is 8.36. The molecule has 1 unspecified atom stereocenters. The summed E-state index contributed by atoms with van der Waals surface area (Å²) in [5, 5.41) is 7.56. The van der Waals surface area contributed by atoms with E-state index in [4.69, 9.17) is 11.6 Å². The van der Waals surface area contributed by atoms with Crippen LogP contribution in [-0.2, 0) is 4.79 Å². The lowest BCUT2D eigenvalue weighted by molar-refractivity contribution is -0.117. The maximum Gasteiger partial charge on any atom is 0.244 e.